The maximum atomic E-state index is 13.9. The van der Waals surface area contributed by atoms with Gasteiger partial charge in [-0.2, -0.15) is 5.26 Å². The summed E-state index contributed by atoms with van der Waals surface area (Å²) < 4.78 is 19.5. The van der Waals surface area contributed by atoms with E-state index < -0.39 is 5.82 Å². The molecular weight excluding hydrogens is 279 g/mol. The van der Waals surface area contributed by atoms with Crippen LogP contribution >= 0.6 is 12.2 Å². The van der Waals surface area contributed by atoms with Crippen LogP contribution in [0.5, 0.6) is 11.5 Å². The Morgan fingerprint density at radius 2 is 2.15 bits per heavy atom. The zero-order valence-corrected chi connectivity index (χ0v) is 11.2. The second kappa shape index (κ2) is 6.28. The molecule has 2 aromatic rings. The van der Waals surface area contributed by atoms with Crippen LogP contribution in [0.25, 0.3) is 0 Å². The van der Waals surface area contributed by atoms with Gasteiger partial charge in [0.15, 0.2) is 11.6 Å². The Balaban J connectivity index is 2.34. The van der Waals surface area contributed by atoms with Crippen LogP contribution < -0.4 is 4.74 Å². The molecule has 0 amide bonds. The predicted molar refractivity (Wildman–Crippen MR) is 73.6 cm³/mol. The molecule has 6 heteroatoms. The first-order chi connectivity index (χ1) is 9.65. The van der Waals surface area contributed by atoms with E-state index in [4.69, 9.17) is 27.3 Å². The van der Waals surface area contributed by atoms with E-state index >= 15 is 0 Å². The largest absolute Gasteiger partial charge is 0.453 e. The standard InChI is InChI=1S/C14H11FN2O2S/c15-11-7-9(4-6-18)1-2-13(11)19-12-3-5-17-14(20)10(12)8-16/h1-3,5,7,18H,4,6H2,(H,17,20). The molecule has 0 aliphatic heterocycles. The van der Waals surface area contributed by atoms with Gasteiger partial charge in [-0.3, -0.25) is 0 Å². The number of benzene rings is 1. The lowest BCUT2D eigenvalue weighted by molar-refractivity contribution is 0.299. The van der Waals surface area contributed by atoms with Crippen LogP contribution in [0, 0.1) is 21.8 Å². The van der Waals surface area contributed by atoms with Gasteiger partial charge >= 0.3 is 0 Å². The Kier molecular flexibility index (Phi) is 4.45. The molecule has 1 aromatic heterocycles. The molecule has 0 atom stereocenters. The van der Waals surface area contributed by atoms with Gasteiger partial charge in [0.05, 0.1) is 0 Å². The fraction of sp³-hybridized carbons (Fsp3) is 0.143. The van der Waals surface area contributed by atoms with E-state index in [1.54, 1.807) is 6.07 Å². The molecule has 0 fully saturated rings. The Labute approximate surface area is 120 Å². The van der Waals surface area contributed by atoms with Crippen molar-refractivity contribution in [3.63, 3.8) is 0 Å². The zero-order valence-electron chi connectivity index (χ0n) is 10.4. The molecule has 0 aliphatic rings. The van der Waals surface area contributed by atoms with Crippen molar-refractivity contribution in [2.24, 2.45) is 0 Å². The summed E-state index contributed by atoms with van der Waals surface area (Å²) >= 11 is 4.96. The molecule has 0 saturated heterocycles. The van der Waals surface area contributed by atoms with Gasteiger partial charge in [-0.15, -0.1) is 0 Å². The van der Waals surface area contributed by atoms with Crippen molar-refractivity contribution < 1.29 is 14.2 Å². The van der Waals surface area contributed by atoms with Crippen molar-refractivity contribution in [1.82, 2.24) is 4.98 Å². The fourth-order valence-electron chi connectivity index (χ4n) is 1.68. The molecule has 0 radical (unpaired) electrons. The maximum Gasteiger partial charge on any atom is 0.165 e. The lowest BCUT2D eigenvalue weighted by atomic mass is 10.1. The molecule has 102 valence electrons. The smallest absolute Gasteiger partial charge is 0.165 e. The van der Waals surface area contributed by atoms with Crippen LogP contribution in [0.2, 0.25) is 0 Å². The molecule has 20 heavy (non-hydrogen) atoms. The predicted octanol–water partition coefficient (Wildman–Crippen LogP) is 3.08. The molecule has 0 saturated carbocycles. The van der Waals surface area contributed by atoms with Gasteiger partial charge in [-0.1, -0.05) is 18.3 Å². The lowest BCUT2D eigenvalue weighted by Gasteiger charge is -2.09. The van der Waals surface area contributed by atoms with Crippen LogP contribution in [0.4, 0.5) is 4.39 Å². The van der Waals surface area contributed by atoms with Crippen LogP contribution in [0.15, 0.2) is 30.5 Å². The third-order valence-electron chi connectivity index (χ3n) is 2.65. The van der Waals surface area contributed by atoms with Gasteiger partial charge in [0, 0.05) is 12.8 Å². The fourth-order valence-corrected chi connectivity index (χ4v) is 1.90. The number of nitrogens with zero attached hydrogens (tertiary/aromatic N) is 1. The van der Waals surface area contributed by atoms with Gasteiger partial charge in [-0.05, 0) is 30.2 Å². The highest BCUT2D eigenvalue weighted by Crippen LogP contribution is 2.27. The van der Waals surface area contributed by atoms with Crippen LogP contribution in [0.1, 0.15) is 11.1 Å². The minimum Gasteiger partial charge on any atom is -0.453 e. The molecule has 0 spiro atoms. The number of aromatic nitrogens is 1. The van der Waals surface area contributed by atoms with E-state index in [1.807, 2.05) is 6.07 Å². The van der Waals surface area contributed by atoms with Crippen LogP contribution in [-0.4, -0.2) is 16.7 Å². The number of ether oxygens (including phenoxy) is 1. The SMILES string of the molecule is N#Cc1c(Oc2ccc(CCO)cc2F)cc[nH]c1=S. The molecule has 1 heterocycles. The van der Waals surface area contributed by atoms with Crippen LogP contribution in [-0.2, 0) is 6.42 Å². The normalized spacial score (nSPS) is 10.1. The summed E-state index contributed by atoms with van der Waals surface area (Å²) in [5, 5.41) is 17.8. The van der Waals surface area contributed by atoms with Crippen molar-refractivity contribution >= 4 is 12.2 Å². The minimum absolute atomic E-state index is 0.00351. The zero-order chi connectivity index (χ0) is 14.5. The summed E-state index contributed by atoms with van der Waals surface area (Å²) in [4.78, 5) is 2.71. The van der Waals surface area contributed by atoms with Gasteiger partial charge in [0.2, 0.25) is 0 Å². The Bertz CT molecular complexity index is 722. The Morgan fingerprint density at radius 1 is 1.35 bits per heavy atom. The average molecular weight is 290 g/mol. The number of hydrogen-bond donors (Lipinski definition) is 2. The summed E-state index contributed by atoms with van der Waals surface area (Å²) in [6.07, 6.45) is 1.90. The molecular formula is C14H11FN2O2S. The van der Waals surface area contributed by atoms with E-state index in [-0.39, 0.29) is 28.3 Å². The number of rotatable bonds is 4. The topological polar surface area (TPSA) is 69.0 Å². The first-order valence-corrected chi connectivity index (χ1v) is 6.25. The number of hydrogen-bond acceptors (Lipinski definition) is 4. The summed E-state index contributed by atoms with van der Waals surface area (Å²) in [6, 6.07) is 7.84. The molecule has 0 unspecified atom stereocenters. The summed E-state index contributed by atoms with van der Waals surface area (Å²) in [5.41, 5.74) is 0.824. The number of pyridine rings is 1. The molecule has 2 rings (SSSR count). The van der Waals surface area contributed by atoms with Crippen molar-refractivity contribution in [3.8, 4) is 17.6 Å². The van der Waals surface area contributed by atoms with Gasteiger partial charge in [-0.25, -0.2) is 4.39 Å². The molecule has 0 bridgehead atoms. The highest BCUT2D eigenvalue weighted by Gasteiger charge is 2.10. The highest BCUT2D eigenvalue weighted by atomic mass is 32.1. The highest BCUT2D eigenvalue weighted by molar-refractivity contribution is 7.71. The van der Waals surface area contributed by atoms with E-state index in [0.717, 1.165) is 0 Å². The third kappa shape index (κ3) is 3.02. The summed E-state index contributed by atoms with van der Waals surface area (Å²) in [7, 11) is 0. The third-order valence-corrected chi connectivity index (χ3v) is 2.97. The molecule has 1 aromatic carbocycles. The second-order valence-corrected chi connectivity index (χ2v) is 4.41. The molecule has 2 N–H and O–H groups in total. The van der Waals surface area contributed by atoms with Crippen molar-refractivity contribution in [2.75, 3.05) is 6.61 Å². The summed E-state index contributed by atoms with van der Waals surface area (Å²) in [6.45, 7) is -0.0495. The average Bonchev–Trinajstić information content (AvgIpc) is 2.42. The van der Waals surface area contributed by atoms with Gasteiger partial charge in [0.25, 0.3) is 0 Å². The van der Waals surface area contributed by atoms with E-state index in [1.165, 1.54) is 24.4 Å². The van der Waals surface area contributed by atoms with E-state index in [9.17, 15) is 4.39 Å². The van der Waals surface area contributed by atoms with Crippen molar-refractivity contribution in [1.29, 1.82) is 5.26 Å². The lowest BCUT2D eigenvalue weighted by Crippen LogP contribution is -1.96. The molecule has 4 nitrogen and oxygen atoms in total. The van der Waals surface area contributed by atoms with Gasteiger partial charge < -0.3 is 14.8 Å². The summed E-state index contributed by atoms with van der Waals surface area (Å²) in [5.74, 6) is -0.354. The Morgan fingerprint density at radius 3 is 2.80 bits per heavy atom. The van der Waals surface area contributed by atoms with E-state index in [0.29, 0.717) is 12.0 Å². The first kappa shape index (κ1) is 14.2. The second-order valence-electron chi connectivity index (χ2n) is 4.00. The number of aliphatic hydroxyl groups excluding tert-OH is 1. The molecule has 0 aliphatic carbocycles. The monoisotopic (exact) mass is 290 g/mol. The number of halogens is 1. The number of nitriles is 1. The first-order valence-electron chi connectivity index (χ1n) is 5.84. The van der Waals surface area contributed by atoms with Crippen LogP contribution in [0.3, 0.4) is 0 Å². The number of aliphatic hydroxyl groups is 1. The number of H-pyrrole nitrogens is 1. The maximum absolute atomic E-state index is 13.9. The van der Waals surface area contributed by atoms with Gasteiger partial charge in [0.1, 0.15) is 22.0 Å². The minimum atomic E-state index is -0.557. The number of nitrogens with one attached hydrogen (secondary N) is 1. The van der Waals surface area contributed by atoms with E-state index in [2.05, 4.69) is 4.98 Å². The quantitative estimate of drug-likeness (QED) is 0.849. The van der Waals surface area contributed by atoms with Crippen molar-refractivity contribution in [2.45, 2.75) is 6.42 Å². The Hall–Kier alpha value is -2.23. The van der Waals surface area contributed by atoms with Crippen molar-refractivity contribution in [3.05, 3.63) is 52.0 Å². The number of aromatic amines is 1.